The van der Waals surface area contributed by atoms with Gasteiger partial charge in [0.05, 0.1) is 23.4 Å². The molecular formula is C14H16N4O2S. The molecule has 0 fully saturated rings. The van der Waals surface area contributed by atoms with Crippen LogP contribution >= 0.6 is 11.3 Å². The number of anilines is 1. The third-order valence-corrected chi connectivity index (χ3v) is 3.86. The minimum Gasteiger partial charge on any atom is -0.387 e. The van der Waals surface area contributed by atoms with E-state index in [2.05, 4.69) is 15.6 Å². The molecule has 0 radical (unpaired) electrons. The van der Waals surface area contributed by atoms with Gasteiger partial charge in [0, 0.05) is 18.1 Å². The van der Waals surface area contributed by atoms with Crippen molar-refractivity contribution in [3.8, 4) is 0 Å². The summed E-state index contributed by atoms with van der Waals surface area (Å²) in [6.45, 7) is 2.25. The maximum Gasteiger partial charge on any atom is 0.253 e. The van der Waals surface area contributed by atoms with Gasteiger partial charge in [0.15, 0.2) is 0 Å². The molecule has 1 aromatic heterocycles. The number of para-hydroxylation sites is 1. The van der Waals surface area contributed by atoms with Gasteiger partial charge in [0.1, 0.15) is 5.01 Å². The second-order valence-corrected chi connectivity index (χ2v) is 5.35. The topological polar surface area (TPSA) is 97.1 Å². The SMILES string of the molecule is CNc1c(C(N)=O)cccc1C(=O)NCc1nc(C)cs1. The minimum absolute atomic E-state index is 0.282. The fourth-order valence-electron chi connectivity index (χ4n) is 1.95. The number of carbonyl (C=O) groups excluding carboxylic acids is 2. The van der Waals surface area contributed by atoms with Crippen molar-refractivity contribution in [3.05, 3.63) is 45.4 Å². The van der Waals surface area contributed by atoms with Crippen LogP contribution in [-0.2, 0) is 6.54 Å². The lowest BCUT2D eigenvalue weighted by atomic mass is 10.1. The number of carbonyl (C=O) groups is 2. The summed E-state index contributed by atoms with van der Waals surface area (Å²) in [7, 11) is 1.64. The summed E-state index contributed by atoms with van der Waals surface area (Å²) in [6.07, 6.45) is 0. The van der Waals surface area contributed by atoms with E-state index in [0.717, 1.165) is 10.7 Å². The minimum atomic E-state index is -0.579. The summed E-state index contributed by atoms with van der Waals surface area (Å²) < 4.78 is 0. The van der Waals surface area contributed by atoms with Crippen LogP contribution in [0, 0.1) is 6.92 Å². The quantitative estimate of drug-likeness (QED) is 0.780. The molecule has 0 saturated carbocycles. The number of rotatable bonds is 5. The van der Waals surface area contributed by atoms with Crippen molar-refractivity contribution in [2.45, 2.75) is 13.5 Å². The van der Waals surface area contributed by atoms with Crippen molar-refractivity contribution in [2.75, 3.05) is 12.4 Å². The molecule has 0 atom stereocenters. The van der Waals surface area contributed by atoms with E-state index in [1.54, 1.807) is 25.2 Å². The Kier molecular flexibility index (Phi) is 4.54. The monoisotopic (exact) mass is 304 g/mol. The third kappa shape index (κ3) is 3.38. The van der Waals surface area contributed by atoms with Gasteiger partial charge in [-0.3, -0.25) is 9.59 Å². The Morgan fingerprint density at radius 1 is 1.33 bits per heavy atom. The zero-order chi connectivity index (χ0) is 15.4. The molecule has 0 aliphatic heterocycles. The number of aromatic nitrogens is 1. The molecule has 2 amide bonds. The first-order valence-corrected chi connectivity index (χ1v) is 7.20. The van der Waals surface area contributed by atoms with Crippen molar-refractivity contribution < 1.29 is 9.59 Å². The molecule has 110 valence electrons. The molecular weight excluding hydrogens is 288 g/mol. The molecule has 0 unspecified atom stereocenters. The van der Waals surface area contributed by atoms with Crippen molar-refractivity contribution in [1.29, 1.82) is 0 Å². The van der Waals surface area contributed by atoms with Crippen LogP contribution in [0.2, 0.25) is 0 Å². The number of hydrogen-bond donors (Lipinski definition) is 3. The van der Waals surface area contributed by atoms with Gasteiger partial charge in [-0.2, -0.15) is 0 Å². The lowest BCUT2D eigenvalue weighted by Crippen LogP contribution is -2.25. The Balaban J connectivity index is 2.19. The summed E-state index contributed by atoms with van der Waals surface area (Å²) in [6, 6.07) is 4.85. The van der Waals surface area contributed by atoms with Crippen LogP contribution in [-0.4, -0.2) is 23.8 Å². The Hall–Kier alpha value is -2.41. The highest BCUT2D eigenvalue weighted by Crippen LogP contribution is 2.20. The number of amides is 2. The van der Waals surface area contributed by atoms with Crippen LogP contribution in [0.5, 0.6) is 0 Å². The van der Waals surface area contributed by atoms with Gasteiger partial charge in [0.25, 0.3) is 11.8 Å². The molecule has 21 heavy (non-hydrogen) atoms. The number of primary amides is 1. The van der Waals surface area contributed by atoms with Crippen LogP contribution in [0.15, 0.2) is 23.6 Å². The van der Waals surface area contributed by atoms with Gasteiger partial charge in [-0.25, -0.2) is 4.98 Å². The summed E-state index contributed by atoms with van der Waals surface area (Å²) >= 11 is 1.49. The average Bonchev–Trinajstić information content (AvgIpc) is 2.89. The predicted molar refractivity (Wildman–Crippen MR) is 82.5 cm³/mol. The number of benzene rings is 1. The van der Waals surface area contributed by atoms with Crippen LogP contribution < -0.4 is 16.4 Å². The number of thiazole rings is 1. The number of aryl methyl sites for hydroxylation is 1. The van der Waals surface area contributed by atoms with Gasteiger partial charge >= 0.3 is 0 Å². The molecule has 6 nitrogen and oxygen atoms in total. The van der Waals surface area contributed by atoms with E-state index in [9.17, 15) is 9.59 Å². The van der Waals surface area contributed by atoms with E-state index in [1.165, 1.54) is 11.3 Å². The number of nitrogens with one attached hydrogen (secondary N) is 2. The highest BCUT2D eigenvalue weighted by Gasteiger charge is 2.16. The van der Waals surface area contributed by atoms with Crippen LogP contribution in [0.1, 0.15) is 31.4 Å². The van der Waals surface area contributed by atoms with Crippen molar-refractivity contribution in [3.63, 3.8) is 0 Å². The van der Waals surface area contributed by atoms with E-state index in [4.69, 9.17) is 5.73 Å². The Morgan fingerprint density at radius 3 is 2.62 bits per heavy atom. The van der Waals surface area contributed by atoms with Gasteiger partial charge < -0.3 is 16.4 Å². The fourth-order valence-corrected chi connectivity index (χ4v) is 2.66. The highest BCUT2D eigenvalue weighted by atomic mass is 32.1. The molecule has 0 aliphatic rings. The first-order valence-electron chi connectivity index (χ1n) is 6.32. The fraction of sp³-hybridized carbons (Fsp3) is 0.214. The van der Waals surface area contributed by atoms with E-state index in [-0.39, 0.29) is 11.5 Å². The lowest BCUT2D eigenvalue weighted by molar-refractivity contribution is 0.0951. The Labute approximate surface area is 126 Å². The summed E-state index contributed by atoms with van der Waals surface area (Å²) in [5, 5.41) is 8.40. The molecule has 7 heteroatoms. The van der Waals surface area contributed by atoms with Gasteiger partial charge in [-0.15, -0.1) is 11.3 Å². The van der Waals surface area contributed by atoms with Gasteiger partial charge in [-0.05, 0) is 19.1 Å². The second-order valence-electron chi connectivity index (χ2n) is 4.41. The summed E-state index contributed by atoms with van der Waals surface area (Å²) in [5.41, 5.74) is 7.33. The third-order valence-electron chi connectivity index (χ3n) is 2.89. The zero-order valence-electron chi connectivity index (χ0n) is 11.8. The summed E-state index contributed by atoms with van der Waals surface area (Å²) in [4.78, 5) is 27.9. The molecule has 4 N–H and O–H groups in total. The Morgan fingerprint density at radius 2 is 2.05 bits per heavy atom. The highest BCUT2D eigenvalue weighted by molar-refractivity contribution is 7.09. The molecule has 0 bridgehead atoms. The summed E-state index contributed by atoms with van der Waals surface area (Å²) in [5.74, 6) is -0.861. The number of hydrogen-bond acceptors (Lipinski definition) is 5. The van der Waals surface area contributed by atoms with E-state index >= 15 is 0 Å². The second kappa shape index (κ2) is 6.36. The molecule has 0 spiro atoms. The van der Waals surface area contributed by atoms with Gasteiger partial charge in [-0.1, -0.05) is 6.07 Å². The van der Waals surface area contributed by atoms with E-state index in [0.29, 0.717) is 17.8 Å². The van der Waals surface area contributed by atoms with Gasteiger partial charge in [0.2, 0.25) is 0 Å². The molecule has 0 saturated heterocycles. The first kappa shape index (κ1) is 15.0. The lowest BCUT2D eigenvalue weighted by Gasteiger charge is -2.12. The van der Waals surface area contributed by atoms with Crippen LogP contribution in [0.25, 0.3) is 0 Å². The van der Waals surface area contributed by atoms with Crippen LogP contribution in [0.3, 0.4) is 0 Å². The van der Waals surface area contributed by atoms with E-state index < -0.39 is 5.91 Å². The van der Waals surface area contributed by atoms with Crippen molar-refractivity contribution >= 4 is 28.8 Å². The van der Waals surface area contributed by atoms with Crippen LogP contribution in [0.4, 0.5) is 5.69 Å². The number of nitrogens with zero attached hydrogens (tertiary/aromatic N) is 1. The zero-order valence-corrected chi connectivity index (χ0v) is 12.6. The molecule has 1 heterocycles. The smallest absolute Gasteiger partial charge is 0.253 e. The van der Waals surface area contributed by atoms with E-state index in [1.807, 2.05) is 12.3 Å². The number of nitrogens with two attached hydrogens (primary N) is 1. The Bertz CT molecular complexity index is 681. The maximum atomic E-state index is 12.3. The molecule has 2 aromatic rings. The molecule has 2 rings (SSSR count). The molecule has 0 aliphatic carbocycles. The predicted octanol–water partition coefficient (Wildman–Crippen LogP) is 1.52. The standard InChI is InChI=1S/C14H16N4O2S/c1-8-7-21-11(18-8)6-17-14(20)10-5-3-4-9(13(15)19)12(10)16-2/h3-5,7,16H,6H2,1-2H3,(H2,15,19)(H,17,20). The normalized spacial score (nSPS) is 10.2. The first-order chi connectivity index (χ1) is 10.0. The molecule has 1 aromatic carbocycles. The van der Waals surface area contributed by atoms with Crippen molar-refractivity contribution in [2.24, 2.45) is 5.73 Å². The largest absolute Gasteiger partial charge is 0.387 e. The average molecular weight is 304 g/mol. The maximum absolute atomic E-state index is 12.3. The van der Waals surface area contributed by atoms with Crippen molar-refractivity contribution in [1.82, 2.24) is 10.3 Å².